The number of hydrogen-bond acceptors (Lipinski definition) is 4. The van der Waals surface area contributed by atoms with E-state index in [1.165, 1.54) is 18.3 Å². The number of carbonyl (C=O) groups is 1. The Morgan fingerprint density at radius 1 is 1.57 bits per heavy atom. The van der Waals surface area contributed by atoms with Crippen LogP contribution >= 0.6 is 0 Å². The van der Waals surface area contributed by atoms with Crippen molar-refractivity contribution in [2.45, 2.75) is 19.1 Å². The van der Waals surface area contributed by atoms with Crippen LogP contribution in [0.25, 0.3) is 0 Å². The van der Waals surface area contributed by atoms with Crippen LogP contribution in [0.4, 0.5) is 13.2 Å². The van der Waals surface area contributed by atoms with Gasteiger partial charge in [-0.05, 0) is 19.1 Å². The fourth-order valence-electron chi connectivity index (χ4n) is 2.09. The van der Waals surface area contributed by atoms with Gasteiger partial charge in [-0.15, -0.1) is 0 Å². The summed E-state index contributed by atoms with van der Waals surface area (Å²) in [7, 11) is 0. The zero-order valence-electron chi connectivity index (χ0n) is 11.5. The first-order valence-electron chi connectivity index (χ1n) is 6.54. The van der Waals surface area contributed by atoms with Crippen molar-refractivity contribution in [2.75, 3.05) is 26.2 Å². The molecule has 1 amide bonds. The van der Waals surface area contributed by atoms with Gasteiger partial charge in [0.2, 0.25) is 0 Å². The summed E-state index contributed by atoms with van der Waals surface area (Å²) in [5.74, 6) is -0.563. The van der Waals surface area contributed by atoms with Gasteiger partial charge in [0.05, 0.1) is 0 Å². The number of halogens is 3. The van der Waals surface area contributed by atoms with Crippen LogP contribution in [0.1, 0.15) is 17.4 Å². The third-order valence-corrected chi connectivity index (χ3v) is 3.02. The van der Waals surface area contributed by atoms with E-state index in [-0.39, 0.29) is 17.5 Å². The summed E-state index contributed by atoms with van der Waals surface area (Å²) >= 11 is 0. The number of rotatable bonds is 3. The number of piperazine rings is 1. The van der Waals surface area contributed by atoms with E-state index in [2.05, 4.69) is 15.0 Å². The van der Waals surface area contributed by atoms with E-state index in [4.69, 9.17) is 0 Å². The van der Waals surface area contributed by atoms with Crippen molar-refractivity contribution in [2.24, 2.45) is 0 Å². The molecule has 1 aromatic heterocycles. The highest BCUT2D eigenvalue weighted by Crippen LogP contribution is 2.22. The van der Waals surface area contributed by atoms with Crippen LogP contribution in [0.15, 0.2) is 18.3 Å². The molecule has 1 aromatic rings. The van der Waals surface area contributed by atoms with Crippen LogP contribution < -0.4 is 10.1 Å². The van der Waals surface area contributed by atoms with Crippen molar-refractivity contribution >= 4 is 5.91 Å². The number of nitrogens with zero attached hydrogens (tertiary/aromatic N) is 2. The lowest BCUT2D eigenvalue weighted by Crippen LogP contribution is -2.51. The van der Waals surface area contributed by atoms with E-state index < -0.39 is 18.7 Å². The van der Waals surface area contributed by atoms with Gasteiger partial charge in [0, 0.05) is 31.9 Å². The first kappa shape index (κ1) is 15.6. The minimum absolute atomic E-state index is 0.0872. The summed E-state index contributed by atoms with van der Waals surface area (Å²) in [6.07, 6.45) is -3.10. The molecule has 0 aliphatic carbocycles. The van der Waals surface area contributed by atoms with Gasteiger partial charge in [0.25, 0.3) is 5.91 Å². The first-order valence-corrected chi connectivity index (χ1v) is 6.54. The second kappa shape index (κ2) is 6.30. The number of carbonyl (C=O) groups excluding carboxylic acids is 1. The number of alkyl halides is 3. The predicted molar refractivity (Wildman–Crippen MR) is 69.2 cm³/mol. The molecule has 0 saturated carbocycles. The van der Waals surface area contributed by atoms with Crippen molar-refractivity contribution in [3.8, 4) is 5.75 Å². The lowest BCUT2D eigenvalue weighted by molar-refractivity contribution is -0.153. The maximum atomic E-state index is 12.4. The predicted octanol–water partition coefficient (Wildman–Crippen LogP) is 1.46. The summed E-state index contributed by atoms with van der Waals surface area (Å²) in [5, 5.41) is 3.18. The smallest absolute Gasteiger partial charge is 0.422 e. The molecule has 1 unspecified atom stereocenters. The molecule has 8 heteroatoms. The minimum atomic E-state index is -4.46. The zero-order valence-corrected chi connectivity index (χ0v) is 11.5. The highest BCUT2D eigenvalue weighted by molar-refractivity contribution is 5.95. The summed E-state index contributed by atoms with van der Waals surface area (Å²) in [5.41, 5.74) is -0.0872. The highest BCUT2D eigenvalue weighted by Gasteiger charge is 2.30. The Morgan fingerprint density at radius 3 is 3.00 bits per heavy atom. The van der Waals surface area contributed by atoms with Crippen LogP contribution in [-0.2, 0) is 0 Å². The molecule has 0 spiro atoms. The van der Waals surface area contributed by atoms with Crippen molar-refractivity contribution < 1.29 is 22.7 Å². The Morgan fingerprint density at radius 2 is 2.33 bits per heavy atom. The maximum absolute atomic E-state index is 12.4. The molecule has 1 N–H and O–H groups in total. The molecule has 0 aromatic carbocycles. The average molecular weight is 303 g/mol. The molecule has 0 bridgehead atoms. The van der Waals surface area contributed by atoms with Crippen LogP contribution in [0.3, 0.4) is 0 Å². The average Bonchev–Trinajstić information content (AvgIpc) is 2.44. The number of ether oxygens (including phenoxy) is 1. The van der Waals surface area contributed by atoms with Gasteiger partial charge in [-0.3, -0.25) is 4.79 Å². The van der Waals surface area contributed by atoms with Crippen molar-refractivity contribution in [1.82, 2.24) is 15.2 Å². The lowest BCUT2D eigenvalue weighted by Gasteiger charge is -2.31. The molecule has 5 nitrogen and oxygen atoms in total. The maximum Gasteiger partial charge on any atom is 0.422 e. The molecule has 1 fully saturated rings. The van der Waals surface area contributed by atoms with Crippen molar-refractivity contribution in [1.29, 1.82) is 0 Å². The zero-order chi connectivity index (χ0) is 15.5. The molecule has 2 rings (SSSR count). The quantitative estimate of drug-likeness (QED) is 0.918. The second-order valence-electron chi connectivity index (χ2n) is 4.86. The number of pyridine rings is 1. The number of hydrogen-bond donors (Lipinski definition) is 1. The number of aromatic nitrogens is 1. The Labute approximate surface area is 120 Å². The van der Waals surface area contributed by atoms with Gasteiger partial charge >= 0.3 is 6.18 Å². The minimum Gasteiger partial charge on any atom is -0.482 e. The highest BCUT2D eigenvalue weighted by atomic mass is 19.4. The van der Waals surface area contributed by atoms with E-state index in [9.17, 15) is 18.0 Å². The summed E-state index contributed by atoms with van der Waals surface area (Å²) < 4.78 is 41.4. The summed E-state index contributed by atoms with van der Waals surface area (Å²) in [4.78, 5) is 17.8. The van der Waals surface area contributed by atoms with Crippen molar-refractivity contribution in [3.63, 3.8) is 0 Å². The summed E-state index contributed by atoms with van der Waals surface area (Å²) in [6.45, 7) is 2.08. The second-order valence-corrected chi connectivity index (χ2v) is 4.86. The van der Waals surface area contributed by atoms with Crippen LogP contribution in [0.2, 0.25) is 0 Å². The molecule has 1 aliphatic heterocycles. The van der Waals surface area contributed by atoms with Crippen LogP contribution in [0, 0.1) is 0 Å². The molecule has 1 atom stereocenters. The topological polar surface area (TPSA) is 54.5 Å². The first-order chi connectivity index (χ1) is 9.87. The molecule has 1 saturated heterocycles. The number of amides is 1. The van der Waals surface area contributed by atoms with Gasteiger partial charge in [0.1, 0.15) is 0 Å². The third-order valence-electron chi connectivity index (χ3n) is 3.02. The van der Waals surface area contributed by atoms with Crippen LogP contribution in [-0.4, -0.2) is 54.3 Å². The molecule has 0 radical (unpaired) electrons. The van der Waals surface area contributed by atoms with Gasteiger partial charge < -0.3 is 15.0 Å². The Kier molecular flexibility index (Phi) is 4.66. The van der Waals surface area contributed by atoms with E-state index in [1.54, 1.807) is 4.90 Å². The van der Waals surface area contributed by atoms with Gasteiger partial charge in [-0.25, -0.2) is 4.98 Å². The Balaban J connectivity index is 2.13. The largest absolute Gasteiger partial charge is 0.482 e. The van der Waals surface area contributed by atoms with E-state index in [1.807, 2.05) is 6.92 Å². The van der Waals surface area contributed by atoms with Gasteiger partial charge in [-0.2, -0.15) is 13.2 Å². The van der Waals surface area contributed by atoms with Gasteiger partial charge in [-0.1, -0.05) is 0 Å². The SMILES string of the molecule is CC1CN(C(=O)c2ncccc2OCC(F)(F)F)CCN1. The van der Waals surface area contributed by atoms with Crippen molar-refractivity contribution in [3.05, 3.63) is 24.0 Å². The molecule has 116 valence electrons. The summed E-state index contributed by atoms with van der Waals surface area (Å²) in [6, 6.07) is 2.88. The van der Waals surface area contributed by atoms with Crippen LogP contribution in [0.5, 0.6) is 5.75 Å². The van der Waals surface area contributed by atoms with E-state index >= 15 is 0 Å². The molecule has 2 heterocycles. The Hall–Kier alpha value is -1.83. The molecular formula is C13H16F3N3O2. The standard InChI is InChI=1S/C13H16F3N3O2/c1-9-7-19(6-5-17-9)12(20)11-10(3-2-4-18-11)21-8-13(14,15)16/h2-4,9,17H,5-8H2,1H3. The fraction of sp³-hybridized carbons (Fsp3) is 0.538. The normalized spacial score (nSPS) is 19.4. The fourth-order valence-corrected chi connectivity index (χ4v) is 2.09. The lowest BCUT2D eigenvalue weighted by atomic mass is 10.2. The Bertz CT molecular complexity index is 508. The van der Waals surface area contributed by atoms with E-state index in [0.717, 1.165) is 0 Å². The third kappa shape index (κ3) is 4.32. The molecule has 21 heavy (non-hydrogen) atoms. The van der Waals surface area contributed by atoms with E-state index in [0.29, 0.717) is 19.6 Å². The molecule has 1 aliphatic rings. The van der Waals surface area contributed by atoms with Gasteiger partial charge in [0.15, 0.2) is 18.1 Å². The monoisotopic (exact) mass is 303 g/mol. The number of nitrogens with one attached hydrogen (secondary N) is 1. The molecular weight excluding hydrogens is 287 g/mol.